The van der Waals surface area contributed by atoms with E-state index in [9.17, 15) is 4.79 Å². The third-order valence-corrected chi connectivity index (χ3v) is 7.81. The Labute approximate surface area is 208 Å². The van der Waals surface area contributed by atoms with Gasteiger partial charge >= 0.3 is 0 Å². The van der Waals surface area contributed by atoms with Crippen LogP contribution < -0.4 is 5.32 Å². The molecule has 1 amide bonds. The smallest absolute Gasteiger partial charge is 0.271 e. The summed E-state index contributed by atoms with van der Waals surface area (Å²) < 4.78 is 0. The second-order valence-electron chi connectivity index (χ2n) is 10.0. The van der Waals surface area contributed by atoms with Crippen LogP contribution in [-0.4, -0.2) is 77.1 Å². The maximum atomic E-state index is 12.8. The van der Waals surface area contributed by atoms with Crippen LogP contribution in [0.1, 0.15) is 48.2 Å². The van der Waals surface area contributed by atoms with Crippen LogP contribution in [0.4, 0.5) is 0 Å². The van der Waals surface area contributed by atoms with Gasteiger partial charge in [-0.3, -0.25) is 24.5 Å². The molecule has 1 saturated carbocycles. The Balaban J connectivity index is 1.12. The molecule has 0 spiro atoms. The van der Waals surface area contributed by atoms with E-state index >= 15 is 0 Å². The van der Waals surface area contributed by atoms with Gasteiger partial charge in [0.1, 0.15) is 5.69 Å². The van der Waals surface area contributed by atoms with Crippen LogP contribution in [0.2, 0.25) is 5.02 Å². The average molecular weight is 482 g/mol. The molecule has 2 saturated heterocycles. The topological polar surface area (TPSA) is 51.7 Å². The zero-order valence-electron chi connectivity index (χ0n) is 19.9. The second kappa shape index (κ2) is 11.2. The lowest BCUT2D eigenvalue weighted by Gasteiger charge is -2.38. The number of piperidine rings is 1. The Morgan fingerprint density at radius 1 is 1.00 bits per heavy atom. The lowest BCUT2D eigenvalue weighted by molar-refractivity contribution is 0.0795. The molecule has 34 heavy (non-hydrogen) atoms. The van der Waals surface area contributed by atoms with Crippen molar-refractivity contribution in [3.8, 4) is 0 Å². The van der Waals surface area contributed by atoms with Gasteiger partial charge in [0.05, 0.1) is 6.17 Å². The molecule has 1 aromatic carbocycles. The predicted molar refractivity (Wildman–Crippen MR) is 136 cm³/mol. The number of nitrogens with one attached hydrogen (secondary N) is 1. The maximum absolute atomic E-state index is 12.8. The quantitative estimate of drug-likeness (QED) is 0.650. The van der Waals surface area contributed by atoms with Crippen molar-refractivity contribution in [1.82, 2.24) is 25.0 Å². The largest absolute Gasteiger partial charge is 0.335 e. The normalized spacial score (nSPS) is 22.3. The lowest BCUT2D eigenvalue weighted by Crippen LogP contribution is -2.51. The van der Waals surface area contributed by atoms with Crippen molar-refractivity contribution in [3.05, 3.63) is 64.9 Å². The number of aromatic nitrogens is 1. The highest BCUT2D eigenvalue weighted by Gasteiger charge is 2.37. The van der Waals surface area contributed by atoms with Gasteiger partial charge in [-0.25, -0.2) is 0 Å². The first-order chi connectivity index (χ1) is 16.7. The van der Waals surface area contributed by atoms with Crippen LogP contribution in [0.5, 0.6) is 0 Å². The Bertz CT molecular complexity index is 945. The van der Waals surface area contributed by atoms with Gasteiger partial charge in [0.15, 0.2) is 0 Å². The van der Waals surface area contributed by atoms with E-state index in [1.54, 1.807) is 12.3 Å². The van der Waals surface area contributed by atoms with Gasteiger partial charge in [-0.1, -0.05) is 29.8 Å². The fourth-order valence-electron chi connectivity index (χ4n) is 5.56. The predicted octanol–water partition coefficient (Wildman–Crippen LogP) is 3.87. The van der Waals surface area contributed by atoms with E-state index < -0.39 is 0 Å². The van der Waals surface area contributed by atoms with E-state index in [4.69, 9.17) is 11.6 Å². The number of rotatable bonds is 7. The summed E-state index contributed by atoms with van der Waals surface area (Å²) in [4.78, 5) is 24.8. The van der Waals surface area contributed by atoms with Crippen LogP contribution in [-0.2, 0) is 6.54 Å². The molecule has 7 heteroatoms. The molecule has 0 bridgehead atoms. The fraction of sp³-hybridized carbons (Fsp3) is 0.556. The minimum Gasteiger partial charge on any atom is -0.335 e. The maximum Gasteiger partial charge on any atom is 0.271 e. The van der Waals surface area contributed by atoms with Crippen molar-refractivity contribution in [1.29, 1.82) is 0 Å². The van der Waals surface area contributed by atoms with Gasteiger partial charge < -0.3 is 5.32 Å². The first-order valence-electron chi connectivity index (χ1n) is 12.8. The third kappa shape index (κ3) is 6.16. The number of benzene rings is 1. The molecule has 1 aliphatic carbocycles. The summed E-state index contributed by atoms with van der Waals surface area (Å²) in [5.41, 5.74) is 1.81. The number of pyridine rings is 1. The molecule has 3 heterocycles. The van der Waals surface area contributed by atoms with Crippen molar-refractivity contribution in [3.63, 3.8) is 0 Å². The van der Waals surface area contributed by atoms with Crippen molar-refractivity contribution in [2.24, 2.45) is 5.92 Å². The van der Waals surface area contributed by atoms with Crippen LogP contribution in [0.3, 0.4) is 0 Å². The molecule has 1 N–H and O–H groups in total. The molecule has 6 nitrogen and oxygen atoms in total. The summed E-state index contributed by atoms with van der Waals surface area (Å²) in [6.45, 7) is 7.58. The van der Waals surface area contributed by atoms with E-state index in [1.165, 1.54) is 31.2 Å². The molecule has 3 fully saturated rings. The zero-order valence-corrected chi connectivity index (χ0v) is 20.7. The molecule has 1 unspecified atom stereocenters. The number of amides is 1. The first kappa shape index (κ1) is 23.7. The van der Waals surface area contributed by atoms with Gasteiger partial charge in [-0.15, -0.1) is 0 Å². The molecule has 2 aromatic rings. The average Bonchev–Trinajstić information content (AvgIpc) is 3.71. The van der Waals surface area contributed by atoms with Crippen LogP contribution >= 0.6 is 11.6 Å². The molecule has 2 aliphatic heterocycles. The highest BCUT2D eigenvalue weighted by Crippen LogP contribution is 2.35. The molecular formula is C27H36ClN5O. The van der Waals surface area contributed by atoms with Crippen molar-refractivity contribution < 1.29 is 4.79 Å². The number of carbonyl (C=O) groups excluding carboxylic acids is 1. The van der Waals surface area contributed by atoms with Crippen LogP contribution in [0.25, 0.3) is 0 Å². The minimum absolute atomic E-state index is 0.0503. The SMILES string of the molecule is O=C(NC(C1CC1)N1CCCN(C2CCN(Cc3cccc(Cl)c3)CC2)CC1)c1ccccn1. The molecule has 182 valence electrons. The van der Waals surface area contributed by atoms with Crippen molar-refractivity contribution >= 4 is 17.5 Å². The number of hydrogen-bond acceptors (Lipinski definition) is 5. The Morgan fingerprint density at radius 3 is 2.59 bits per heavy atom. The van der Waals surface area contributed by atoms with Gasteiger partial charge in [0.2, 0.25) is 0 Å². The van der Waals surface area contributed by atoms with Gasteiger partial charge in [-0.05, 0) is 87.5 Å². The Hall–Kier alpha value is -1.99. The number of hydrogen-bond donors (Lipinski definition) is 1. The molecule has 1 aromatic heterocycles. The highest BCUT2D eigenvalue weighted by atomic mass is 35.5. The second-order valence-corrected chi connectivity index (χ2v) is 10.5. The van der Waals surface area contributed by atoms with Crippen molar-refractivity contribution in [2.45, 2.75) is 50.9 Å². The summed E-state index contributed by atoms with van der Waals surface area (Å²) in [7, 11) is 0. The Kier molecular flexibility index (Phi) is 7.80. The summed E-state index contributed by atoms with van der Waals surface area (Å²) in [6.07, 6.45) is 7.84. The highest BCUT2D eigenvalue weighted by molar-refractivity contribution is 6.30. The number of likely N-dealkylation sites (tertiary alicyclic amines) is 1. The lowest BCUT2D eigenvalue weighted by atomic mass is 10.0. The summed E-state index contributed by atoms with van der Waals surface area (Å²) in [5, 5.41) is 4.13. The molecular weight excluding hydrogens is 446 g/mol. The van der Waals surface area contributed by atoms with Gasteiger partial charge in [0, 0.05) is 43.4 Å². The van der Waals surface area contributed by atoms with Gasteiger partial charge in [-0.2, -0.15) is 0 Å². The molecule has 0 radical (unpaired) electrons. The first-order valence-corrected chi connectivity index (χ1v) is 13.2. The van der Waals surface area contributed by atoms with Crippen molar-refractivity contribution in [2.75, 3.05) is 39.3 Å². The minimum atomic E-state index is -0.0503. The summed E-state index contributed by atoms with van der Waals surface area (Å²) >= 11 is 6.16. The van der Waals surface area contributed by atoms with Crippen LogP contribution in [0.15, 0.2) is 48.7 Å². The summed E-state index contributed by atoms with van der Waals surface area (Å²) in [6, 6.07) is 14.4. The number of nitrogens with zero attached hydrogens (tertiary/aromatic N) is 4. The Morgan fingerprint density at radius 2 is 1.85 bits per heavy atom. The van der Waals surface area contributed by atoms with E-state index in [-0.39, 0.29) is 12.1 Å². The third-order valence-electron chi connectivity index (χ3n) is 7.57. The van der Waals surface area contributed by atoms with Crippen LogP contribution in [0, 0.1) is 5.92 Å². The monoisotopic (exact) mass is 481 g/mol. The molecule has 3 aliphatic rings. The number of carbonyl (C=O) groups is 1. The standard InChI is InChI=1S/C27H36ClN5O/c28-23-6-3-5-21(19-23)20-31-15-10-24(11-16-31)32-13-4-14-33(18-17-32)26(22-8-9-22)30-27(34)25-7-1-2-12-29-25/h1-3,5-7,12,19,22,24,26H,4,8-11,13-18,20H2,(H,30,34). The van der Waals surface area contributed by atoms with Gasteiger partial charge in [0.25, 0.3) is 5.91 Å². The molecule has 5 rings (SSSR count). The van der Waals surface area contributed by atoms with E-state index in [1.807, 2.05) is 24.3 Å². The number of halogens is 1. The van der Waals surface area contributed by atoms with E-state index in [0.29, 0.717) is 17.7 Å². The zero-order chi connectivity index (χ0) is 23.3. The molecule has 1 atom stereocenters. The van der Waals surface area contributed by atoms with E-state index in [2.05, 4.69) is 37.1 Å². The fourth-order valence-corrected chi connectivity index (χ4v) is 5.77. The van der Waals surface area contributed by atoms with E-state index in [0.717, 1.165) is 57.3 Å². The summed E-state index contributed by atoms with van der Waals surface area (Å²) in [5.74, 6) is 0.527.